The lowest BCUT2D eigenvalue weighted by Crippen LogP contribution is -2.28. The van der Waals surface area contributed by atoms with Crippen LogP contribution < -0.4 is 4.74 Å². The minimum atomic E-state index is -2.66. The standard InChI is InChI=1S/C17H21F2N3O2/c1-13-5-3-6-14(11-13)24-10-4-7-16(23)21(2)12-15-20-8-9-22(15)17(18)19/h3,5-6,8-9,11,17H,4,7,10,12H2,1-2H3. The number of aromatic nitrogens is 2. The number of imidazole rings is 1. The van der Waals surface area contributed by atoms with E-state index < -0.39 is 6.55 Å². The molecule has 0 unspecified atom stereocenters. The summed E-state index contributed by atoms with van der Waals surface area (Å²) in [5.74, 6) is 0.804. The van der Waals surface area contributed by atoms with E-state index in [9.17, 15) is 13.6 Å². The van der Waals surface area contributed by atoms with Crippen LogP contribution in [0.15, 0.2) is 36.7 Å². The molecule has 0 bridgehead atoms. The zero-order valence-electron chi connectivity index (χ0n) is 13.8. The van der Waals surface area contributed by atoms with Gasteiger partial charge in [-0.15, -0.1) is 0 Å². The van der Waals surface area contributed by atoms with Gasteiger partial charge in [0.1, 0.15) is 11.6 Å². The molecule has 0 aliphatic rings. The van der Waals surface area contributed by atoms with Gasteiger partial charge >= 0.3 is 6.55 Å². The number of alkyl halides is 2. The number of nitrogens with zero attached hydrogens (tertiary/aromatic N) is 3. The van der Waals surface area contributed by atoms with Crippen LogP contribution in [0.25, 0.3) is 0 Å². The summed E-state index contributed by atoms with van der Waals surface area (Å²) in [7, 11) is 1.58. The summed E-state index contributed by atoms with van der Waals surface area (Å²) < 4.78 is 31.8. The van der Waals surface area contributed by atoms with E-state index >= 15 is 0 Å². The summed E-state index contributed by atoms with van der Waals surface area (Å²) in [6.45, 7) is -0.202. The highest BCUT2D eigenvalue weighted by Gasteiger charge is 2.15. The van der Waals surface area contributed by atoms with E-state index in [0.29, 0.717) is 13.0 Å². The number of benzene rings is 1. The molecule has 2 aromatic rings. The molecular weight excluding hydrogens is 316 g/mol. The van der Waals surface area contributed by atoms with Crippen molar-refractivity contribution in [1.82, 2.24) is 14.5 Å². The van der Waals surface area contributed by atoms with Gasteiger partial charge in [-0.3, -0.25) is 9.36 Å². The highest BCUT2D eigenvalue weighted by molar-refractivity contribution is 5.75. The molecule has 0 spiro atoms. The highest BCUT2D eigenvalue weighted by Crippen LogP contribution is 2.15. The van der Waals surface area contributed by atoms with Gasteiger partial charge in [0.25, 0.3) is 0 Å². The molecule has 5 nitrogen and oxygen atoms in total. The fraction of sp³-hybridized carbons (Fsp3) is 0.412. The third-order valence-corrected chi connectivity index (χ3v) is 3.56. The molecule has 7 heteroatoms. The van der Waals surface area contributed by atoms with Crippen molar-refractivity contribution in [3.63, 3.8) is 0 Å². The summed E-state index contributed by atoms with van der Waals surface area (Å²) in [5.41, 5.74) is 1.11. The molecule has 0 N–H and O–H groups in total. The molecule has 0 aliphatic heterocycles. The summed E-state index contributed by atoms with van der Waals surface area (Å²) in [6.07, 6.45) is 3.35. The van der Waals surface area contributed by atoms with E-state index in [-0.39, 0.29) is 24.7 Å². The average Bonchev–Trinajstić information content (AvgIpc) is 2.99. The topological polar surface area (TPSA) is 47.4 Å². The van der Waals surface area contributed by atoms with Crippen molar-refractivity contribution in [2.45, 2.75) is 32.9 Å². The Morgan fingerprint density at radius 1 is 1.42 bits per heavy atom. The molecule has 0 atom stereocenters. The molecular formula is C17H21F2N3O2. The van der Waals surface area contributed by atoms with Gasteiger partial charge in [-0.05, 0) is 31.0 Å². The summed E-state index contributed by atoms with van der Waals surface area (Å²) >= 11 is 0. The Morgan fingerprint density at radius 2 is 2.21 bits per heavy atom. The maximum Gasteiger partial charge on any atom is 0.319 e. The van der Waals surface area contributed by atoms with Crippen molar-refractivity contribution < 1.29 is 18.3 Å². The number of carbonyl (C=O) groups excluding carboxylic acids is 1. The Bertz CT molecular complexity index is 673. The second-order valence-electron chi connectivity index (χ2n) is 5.55. The lowest BCUT2D eigenvalue weighted by molar-refractivity contribution is -0.130. The third kappa shape index (κ3) is 5.04. The van der Waals surface area contributed by atoms with E-state index in [1.807, 2.05) is 31.2 Å². The SMILES string of the molecule is Cc1cccc(OCCCC(=O)N(C)Cc2nccn2C(F)F)c1. The molecule has 2 rings (SSSR count). The van der Waals surface area contributed by atoms with Gasteiger partial charge in [0, 0.05) is 25.9 Å². The van der Waals surface area contributed by atoms with E-state index in [0.717, 1.165) is 15.9 Å². The van der Waals surface area contributed by atoms with Crippen molar-refractivity contribution in [1.29, 1.82) is 0 Å². The maximum atomic E-state index is 12.8. The number of hydrogen-bond acceptors (Lipinski definition) is 3. The molecule has 1 aromatic heterocycles. The Morgan fingerprint density at radius 3 is 2.92 bits per heavy atom. The van der Waals surface area contributed by atoms with E-state index in [4.69, 9.17) is 4.74 Å². The van der Waals surface area contributed by atoms with Gasteiger partial charge in [-0.2, -0.15) is 8.78 Å². The van der Waals surface area contributed by atoms with E-state index in [1.165, 1.54) is 17.3 Å². The summed E-state index contributed by atoms with van der Waals surface area (Å²) in [4.78, 5) is 17.3. The van der Waals surface area contributed by atoms with Crippen molar-refractivity contribution >= 4 is 5.91 Å². The molecule has 0 saturated carbocycles. The third-order valence-electron chi connectivity index (χ3n) is 3.56. The minimum Gasteiger partial charge on any atom is -0.494 e. The highest BCUT2D eigenvalue weighted by atomic mass is 19.3. The van der Waals surface area contributed by atoms with E-state index in [2.05, 4.69) is 4.98 Å². The van der Waals surface area contributed by atoms with Crippen molar-refractivity contribution in [2.24, 2.45) is 0 Å². The Kier molecular flexibility index (Phi) is 6.28. The van der Waals surface area contributed by atoms with Crippen LogP contribution in [0.3, 0.4) is 0 Å². The lowest BCUT2D eigenvalue weighted by Gasteiger charge is -2.17. The number of ether oxygens (including phenoxy) is 1. The molecule has 130 valence electrons. The molecule has 0 fully saturated rings. The molecule has 1 amide bonds. The van der Waals surface area contributed by atoms with Gasteiger partial charge in [0.2, 0.25) is 5.91 Å². The van der Waals surface area contributed by atoms with Crippen molar-refractivity contribution in [3.8, 4) is 5.75 Å². The predicted molar refractivity (Wildman–Crippen MR) is 85.9 cm³/mol. The normalized spacial score (nSPS) is 10.9. The second kappa shape index (κ2) is 8.42. The number of rotatable bonds is 8. The van der Waals surface area contributed by atoms with Gasteiger partial charge < -0.3 is 9.64 Å². The first-order valence-electron chi connectivity index (χ1n) is 7.70. The Labute approximate surface area is 139 Å². The largest absolute Gasteiger partial charge is 0.494 e. The zero-order chi connectivity index (χ0) is 17.5. The van der Waals surface area contributed by atoms with Crippen molar-refractivity contribution in [2.75, 3.05) is 13.7 Å². The summed E-state index contributed by atoms with van der Waals surface area (Å²) in [5, 5.41) is 0. The fourth-order valence-corrected chi connectivity index (χ4v) is 2.25. The van der Waals surface area contributed by atoms with Crippen LogP contribution in [0.2, 0.25) is 0 Å². The maximum absolute atomic E-state index is 12.8. The molecule has 24 heavy (non-hydrogen) atoms. The monoisotopic (exact) mass is 337 g/mol. The van der Waals surface area contributed by atoms with Crippen LogP contribution in [0.1, 0.15) is 30.8 Å². The lowest BCUT2D eigenvalue weighted by atomic mass is 10.2. The first-order valence-corrected chi connectivity index (χ1v) is 7.70. The van der Waals surface area contributed by atoms with Gasteiger partial charge in [0.05, 0.1) is 13.2 Å². The predicted octanol–water partition coefficient (Wildman–Crippen LogP) is 3.40. The van der Waals surface area contributed by atoms with Gasteiger partial charge in [-0.25, -0.2) is 4.98 Å². The molecule has 0 saturated heterocycles. The summed E-state index contributed by atoms with van der Waals surface area (Å²) in [6, 6.07) is 7.69. The fourth-order valence-electron chi connectivity index (χ4n) is 2.25. The van der Waals surface area contributed by atoms with Gasteiger partial charge in [0.15, 0.2) is 0 Å². The Balaban J connectivity index is 1.74. The zero-order valence-corrected chi connectivity index (χ0v) is 13.8. The quantitative estimate of drug-likeness (QED) is 0.694. The van der Waals surface area contributed by atoms with Crippen LogP contribution in [-0.4, -0.2) is 34.0 Å². The number of aryl methyl sites for hydroxylation is 1. The van der Waals surface area contributed by atoms with Crippen LogP contribution in [0, 0.1) is 6.92 Å². The average molecular weight is 337 g/mol. The Hall–Kier alpha value is -2.44. The molecule has 0 radical (unpaired) electrons. The first kappa shape index (κ1) is 17.9. The van der Waals surface area contributed by atoms with Crippen LogP contribution >= 0.6 is 0 Å². The van der Waals surface area contributed by atoms with Gasteiger partial charge in [-0.1, -0.05) is 12.1 Å². The number of halogens is 2. The smallest absolute Gasteiger partial charge is 0.319 e. The van der Waals surface area contributed by atoms with Crippen LogP contribution in [-0.2, 0) is 11.3 Å². The molecule has 0 aliphatic carbocycles. The number of carbonyl (C=O) groups is 1. The molecule has 1 heterocycles. The van der Waals surface area contributed by atoms with Crippen LogP contribution in [0.5, 0.6) is 5.75 Å². The number of amides is 1. The number of hydrogen-bond donors (Lipinski definition) is 0. The first-order chi connectivity index (χ1) is 11.5. The van der Waals surface area contributed by atoms with Crippen LogP contribution in [0.4, 0.5) is 8.78 Å². The second-order valence-corrected chi connectivity index (χ2v) is 5.55. The van der Waals surface area contributed by atoms with E-state index in [1.54, 1.807) is 7.05 Å². The van der Waals surface area contributed by atoms with Crippen molar-refractivity contribution in [3.05, 3.63) is 48.0 Å². The minimum absolute atomic E-state index is 0.0505. The molecule has 1 aromatic carbocycles.